The lowest BCUT2D eigenvalue weighted by atomic mass is 9.84. The number of hydrogen-bond acceptors (Lipinski definition) is 5. The predicted molar refractivity (Wildman–Crippen MR) is 81.3 cm³/mol. The summed E-state index contributed by atoms with van der Waals surface area (Å²) in [6, 6.07) is 1.17. The lowest BCUT2D eigenvalue weighted by Gasteiger charge is -2.29. The number of aryl methyl sites for hydroxylation is 1. The average Bonchev–Trinajstić information content (AvgIpc) is 2.84. The molecule has 0 saturated carbocycles. The number of carboxylic acids is 1. The van der Waals surface area contributed by atoms with Gasteiger partial charge in [0.2, 0.25) is 10.0 Å². The summed E-state index contributed by atoms with van der Waals surface area (Å²) in [5.74, 6) is -1.14. The number of nitrogens with one attached hydrogen (secondary N) is 1. The Hall–Kier alpha value is -0.960. The van der Waals surface area contributed by atoms with Crippen molar-refractivity contribution in [1.29, 1.82) is 0 Å². The van der Waals surface area contributed by atoms with Crippen LogP contribution >= 0.6 is 11.3 Å². The second-order valence-electron chi connectivity index (χ2n) is 5.03. The van der Waals surface area contributed by atoms with Crippen molar-refractivity contribution in [2.45, 2.75) is 38.5 Å². The molecule has 0 saturated heterocycles. The van der Waals surface area contributed by atoms with Crippen LogP contribution in [0.3, 0.4) is 0 Å². The summed E-state index contributed by atoms with van der Waals surface area (Å²) >= 11 is 0.932. The van der Waals surface area contributed by atoms with E-state index in [0.717, 1.165) is 11.3 Å². The van der Waals surface area contributed by atoms with E-state index in [1.165, 1.54) is 6.07 Å². The molecule has 120 valence electrons. The lowest BCUT2D eigenvalue weighted by Crippen LogP contribution is -2.39. The Morgan fingerprint density at radius 2 is 1.95 bits per heavy atom. The molecular weight excluding hydrogens is 314 g/mol. The first-order chi connectivity index (χ1) is 9.71. The molecule has 1 rings (SSSR count). The van der Waals surface area contributed by atoms with E-state index in [4.69, 9.17) is 5.11 Å². The molecule has 1 aromatic heterocycles. The van der Waals surface area contributed by atoms with Gasteiger partial charge in [-0.1, -0.05) is 13.8 Å². The third kappa shape index (κ3) is 4.03. The number of hydrogen-bond donors (Lipinski definition) is 3. The van der Waals surface area contributed by atoms with Gasteiger partial charge in [-0.15, -0.1) is 11.3 Å². The first kappa shape index (κ1) is 18.1. The van der Waals surface area contributed by atoms with Crippen molar-refractivity contribution >= 4 is 27.3 Å². The topological polar surface area (TPSA) is 104 Å². The summed E-state index contributed by atoms with van der Waals surface area (Å²) in [5.41, 5.74) is -0.493. The van der Waals surface area contributed by atoms with Gasteiger partial charge in [-0.25, -0.2) is 17.9 Å². The summed E-state index contributed by atoms with van der Waals surface area (Å²) in [6.07, 6.45) is 1.29. The Morgan fingerprint density at radius 3 is 2.33 bits per heavy atom. The fourth-order valence-electron chi connectivity index (χ4n) is 1.94. The Bertz CT molecular complexity index is 594. The summed E-state index contributed by atoms with van der Waals surface area (Å²) < 4.78 is 27.1. The number of aromatic carboxylic acids is 1. The van der Waals surface area contributed by atoms with Crippen molar-refractivity contribution in [3.05, 3.63) is 15.8 Å². The third-order valence-corrected chi connectivity index (χ3v) is 6.54. The zero-order valence-electron chi connectivity index (χ0n) is 12.3. The van der Waals surface area contributed by atoms with Crippen LogP contribution in [0.2, 0.25) is 0 Å². The normalized spacial score (nSPS) is 12.6. The number of carboxylic acid groups (broad SMARTS) is 1. The fraction of sp³-hybridized carbons (Fsp3) is 0.615. The van der Waals surface area contributed by atoms with E-state index in [-0.39, 0.29) is 22.9 Å². The maximum absolute atomic E-state index is 12.3. The van der Waals surface area contributed by atoms with Crippen LogP contribution in [0.5, 0.6) is 0 Å². The van der Waals surface area contributed by atoms with Crippen LogP contribution < -0.4 is 4.72 Å². The molecule has 0 aliphatic heterocycles. The second-order valence-corrected chi connectivity index (χ2v) is 8.02. The molecule has 0 aliphatic rings. The smallest absolute Gasteiger partial charge is 0.345 e. The van der Waals surface area contributed by atoms with E-state index in [9.17, 15) is 18.3 Å². The zero-order chi connectivity index (χ0) is 16.3. The maximum Gasteiger partial charge on any atom is 0.345 e. The molecule has 1 heterocycles. The van der Waals surface area contributed by atoms with Gasteiger partial charge in [-0.2, -0.15) is 0 Å². The van der Waals surface area contributed by atoms with Crippen molar-refractivity contribution < 1.29 is 23.4 Å². The minimum absolute atomic E-state index is 0.00715. The summed E-state index contributed by atoms with van der Waals surface area (Å²) in [4.78, 5) is 11.3. The van der Waals surface area contributed by atoms with Gasteiger partial charge in [-0.3, -0.25) is 0 Å². The number of thiophene rings is 1. The van der Waals surface area contributed by atoms with Crippen molar-refractivity contribution in [2.24, 2.45) is 5.41 Å². The molecule has 0 fully saturated rings. The van der Waals surface area contributed by atoms with E-state index in [0.29, 0.717) is 17.7 Å². The average molecular weight is 335 g/mol. The second kappa shape index (κ2) is 6.87. The highest BCUT2D eigenvalue weighted by Crippen LogP contribution is 2.28. The molecule has 0 atom stereocenters. The quantitative estimate of drug-likeness (QED) is 0.672. The van der Waals surface area contributed by atoms with Gasteiger partial charge in [0.1, 0.15) is 4.88 Å². The Morgan fingerprint density at radius 1 is 1.38 bits per heavy atom. The predicted octanol–water partition coefficient (Wildman–Crippen LogP) is 1.83. The van der Waals surface area contributed by atoms with Gasteiger partial charge >= 0.3 is 5.97 Å². The number of aliphatic hydroxyl groups is 1. The Balaban J connectivity index is 3.00. The maximum atomic E-state index is 12.3. The van der Waals surface area contributed by atoms with Crippen molar-refractivity contribution in [3.8, 4) is 0 Å². The van der Waals surface area contributed by atoms with Gasteiger partial charge < -0.3 is 10.2 Å². The minimum atomic E-state index is -3.78. The minimum Gasteiger partial charge on any atom is -0.477 e. The largest absolute Gasteiger partial charge is 0.477 e. The molecule has 3 N–H and O–H groups in total. The van der Waals surface area contributed by atoms with Crippen LogP contribution in [-0.4, -0.2) is 37.8 Å². The molecule has 0 amide bonds. The number of aliphatic hydroxyl groups excluding tert-OH is 1. The standard InChI is InChI=1S/C13H21NO5S2/c1-4-13(5-2,8-15)7-14-21(18,19)11-6-10(12(16)17)20-9(11)3/h6,14-15H,4-5,7-8H2,1-3H3,(H,16,17). The molecule has 6 nitrogen and oxygen atoms in total. The molecule has 0 bridgehead atoms. The highest BCUT2D eigenvalue weighted by molar-refractivity contribution is 7.89. The van der Waals surface area contributed by atoms with E-state index in [1.807, 2.05) is 13.8 Å². The highest BCUT2D eigenvalue weighted by Gasteiger charge is 2.29. The highest BCUT2D eigenvalue weighted by atomic mass is 32.2. The fourth-order valence-corrected chi connectivity index (χ4v) is 4.53. The number of rotatable bonds is 8. The van der Waals surface area contributed by atoms with Crippen LogP contribution in [0.1, 0.15) is 41.2 Å². The monoisotopic (exact) mass is 335 g/mol. The van der Waals surface area contributed by atoms with Gasteiger partial charge in [0.25, 0.3) is 0 Å². The van der Waals surface area contributed by atoms with E-state index < -0.39 is 21.4 Å². The molecule has 0 unspecified atom stereocenters. The third-order valence-electron chi connectivity index (χ3n) is 3.85. The molecule has 8 heteroatoms. The van der Waals surface area contributed by atoms with E-state index >= 15 is 0 Å². The molecule has 21 heavy (non-hydrogen) atoms. The Kier molecular flexibility index (Phi) is 5.92. The molecule has 0 radical (unpaired) electrons. The summed E-state index contributed by atoms with van der Waals surface area (Å²) in [6.45, 7) is 5.38. The van der Waals surface area contributed by atoms with Gasteiger partial charge in [0.15, 0.2) is 0 Å². The van der Waals surface area contributed by atoms with Gasteiger partial charge in [0.05, 0.1) is 4.90 Å². The summed E-state index contributed by atoms with van der Waals surface area (Å²) in [5, 5.41) is 18.4. The van der Waals surface area contributed by atoms with Crippen molar-refractivity contribution in [1.82, 2.24) is 4.72 Å². The van der Waals surface area contributed by atoms with Crippen LogP contribution in [0.4, 0.5) is 0 Å². The molecule has 1 aromatic rings. The molecule has 0 spiro atoms. The van der Waals surface area contributed by atoms with Crippen LogP contribution in [0.25, 0.3) is 0 Å². The van der Waals surface area contributed by atoms with E-state index in [1.54, 1.807) is 6.92 Å². The van der Waals surface area contributed by atoms with Crippen LogP contribution in [0.15, 0.2) is 11.0 Å². The van der Waals surface area contributed by atoms with Crippen molar-refractivity contribution in [3.63, 3.8) is 0 Å². The van der Waals surface area contributed by atoms with Gasteiger partial charge in [-0.05, 0) is 25.8 Å². The van der Waals surface area contributed by atoms with Crippen LogP contribution in [-0.2, 0) is 10.0 Å². The SMILES string of the molecule is CCC(CC)(CO)CNS(=O)(=O)c1cc(C(=O)O)sc1C. The van der Waals surface area contributed by atoms with Gasteiger partial charge in [0, 0.05) is 23.4 Å². The number of sulfonamides is 1. The first-order valence-electron chi connectivity index (χ1n) is 6.65. The number of carbonyl (C=O) groups is 1. The van der Waals surface area contributed by atoms with E-state index in [2.05, 4.69) is 4.72 Å². The lowest BCUT2D eigenvalue weighted by molar-refractivity contribution is 0.0702. The van der Waals surface area contributed by atoms with Crippen molar-refractivity contribution in [2.75, 3.05) is 13.2 Å². The molecule has 0 aliphatic carbocycles. The van der Waals surface area contributed by atoms with Crippen LogP contribution in [0, 0.1) is 12.3 Å². The molecular formula is C13H21NO5S2. The molecule has 0 aromatic carbocycles. The first-order valence-corrected chi connectivity index (χ1v) is 8.95. The summed E-state index contributed by atoms with van der Waals surface area (Å²) in [7, 11) is -3.78. The Labute approximate surface area is 128 Å². The zero-order valence-corrected chi connectivity index (χ0v) is 14.0.